The van der Waals surface area contributed by atoms with Gasteiger partial charge in [0.2, 0.25) is 5.91 Å². The third-order valence-corrected chi connectivity index (χ3v) is 2.88. The highest BCUT2D eigenvalue weighted by atomic mass is 19.1. The van der Waals surface area contributed by atoms with E-state index in [2.05, 4.69) is 10.6 Å². The van der Waals surface area contributed by atoms with Gasteiger partial charge in [0, 0.05) is 25.6 Å². The molecule has 98 valence electrons. The van der Waals surface area contributed by atoms with Crippen LogP contribution in [0.15, 0.2) is 12.1 Å². The highest BCUT2D eigenvalue weighted by molar-refractivity contribution is 5.78. The van der Waals surface area contributed by atoms with Crippen LogP contribution in [0.25, 0.3) is 0 Å². The second-order valence-electron chi connectivity index (χ2n) is 4.34. The molecule has 1 aromatic carbocycles. The van der Waals surface area contributed by atoms with Crippen LogP contribution < -0.4 is 10.6 Å². The summed E-state index contributed by atoms with van der Waals surface area (Å²) in [5.74, 6) is -2.87. The van der Waals surface area contributed by atoms with Gasteiger partial charge < -0.3 is 15.7 Å². The van der Waals surface area contributed by atoms with Gasteiger partial charge in [-0.15, -0.1) is 0 Å². The number of rotatable bonds is 4. The van der Waals surface area contributed by atoms with Gasteiger partial charge in [-0.05, 0) is 24.1 Å². The molecule has 1 aliphatic rings. The number of hydrogen-bond acceptors (Lipinski definition) is 3. The number of nitrogens with one attached hydrogen (secondary N) is 2. The quantitative estimate of drug-likeness (QED) is 0.754. The van der Waals surface area contributed by atoms with E-state index < -0.39 is 17.4 Å². The van der Waals surface area contributed by atoms with Crippen LogP contribution in [0.1, 0.15) is 18.4 Å². The number of hydrogen-bond donors (Lipinski definition) is 3. The Morgan fingerprint density at radius 1 is 1.39 bits per heavy atom. The Bertz CT molecular complexity index is 442. The number of benzene rings is 1. The number of aromatic hydroxyl groups is 1. The molecule has 4 nitrogen and oxygen atoms in total. The molecule has 1 unspecified atom stereocenters. The van der Waals surface area contributed by atoms with Crippen LogP contribution in [-0.2, 0) is 11.3 Å². The molecule has 0 aliphatic carbocycles. The zero-order valence-corrected chi connectivity index (χ0v) is 9.67. The van der Waals surface area contributed by atoms with Crippen molar-refractivity contribution >= 4 is 5.91 Å². The molecule has 18 heavy (non-hydrogen) atoms. The SMILES string of the molecule is O=C1CCC(CNCc2cc(F)c(O)c(F)c2)N1. The summed E-state index contributed by atoms with van der Waals surface area (Å²) >= 11 is 0. The Kier molecular flexibility index (Phi) is 3.76. The lowest BCUT2D eigenvalue weighted by Gasteiger charge is -2.11. The molecule has 6 heteroatoms. The van der Waals surface area contributed by atoms with Gasteiger partial charge in [0.1, 0.15) is 0 Å². The van der Waals surface area contributed by atoms with Crippen LogP contribution in [-0.4, -0.2) is 23.6 Å². The highest BCUT2D eigenvalue weighted by Crippen LogP contribution is 2.21. The average Bonchev–Trinajstić information content (AvgIpc) is 2.72. The molecule has 1 heterocycles. The number of carbonyl (C=O) groups is 1. The molecule has 1 amide bonds. The third-order valence-electron chi connectivity index (χ3n) is 2.88. The predicted octanol–water partition coefficient (Wildman–Crippen LogP) is 1.04. The summed E-state index contributed by atoms with van der Waals surface area (Å²) in [6.07, 6.45) is 1.29. The normalized spacial score (nSPS) is 19.0. The van der Waals surface area contributed by atoms with E-state index in [1.165, 1.54) is 0 Å². The lowest BCUT2D eigenvalue weighted by atomic mass is 10.2. The average molecular weight is 256 g/mol. The second kappa shape index (κ2) is 5.30. The Morgan fingerprint density at radius 2 is 2.06 bits per heavy atom. The molecule has 0 bridgehead atoms. The van der Waals surface area contributed by atoms with Crippen LogP contribution in [0.2, 0.25) is 0 Å². The molecule has 1 aliphatic heterocycles. The maximum atomic E-state index is 13.0. The van der Waals surface area contributed by atoms with Crippen LogP contribution in [0.5, 0.6) is 5.75 Å². The number of halogens is 2. The summed E-state index contributed by atoms with van der Waals surface area (Å²) in [6.45, 7) is 0.830. The van der Waals surface area contributed by atoms with E-state index in [0.717, 1.165) is 18.6 Å². The zero-order valence-electron chi connectivity index (χ0n) is 9.67. The molecule has 3 N–H and O–H groups in total. The first-order chi connectivity index (χ1) is 8.56. The summed E-state index contributed by atoms with van der Waals surface area (Å²) in [5, 5.41) is 14.7. The van der Waals surface area contributed by atoms with E-state index in [1.54, 1.807) is 0 Å². The summed E-state index contributed by atoms with van der Waals surface area (Å²) < 4.78 is 26.1. The molecule has 1 atom stereocenters. The first-order valence-electron chi connectivity index (χ1n) is 5.73. The summed E-state index contributed by atoms with van der Waals surface area (Å²) in [7, 11) is 0. The number of phenolic OH excluding ortho intramolecular Hbond substituents is 1. The number of phenols is 1. The van der Waals surface area contributed by atoms with Crippen molar-refractivity contribution in [3.05, 3.63) is 29.3 Å². The minimum Gasteiger partial charge on any atom is -0.503 e. The van der Waals surface area contributed by atoms with Gasteiger partial charge in [0.05, 0.1) is 0 Å². The molecule has 0 aromatic heterocycles. The maximum absolute atomic E-state index is 13.0. The third kappa shape index (κ3) is 2.95. The van der Waals surface area contributed by atoms with Gasteiger partial charge in [-0.25, -0.2) is 8.78 Å². The van der Waals surface area contributed by atoms with Gasteiger partial charge >= 0.3 is 0 Å². The minimum absolute atomic E-state index is 0.0310. The molecular formula is C12H14F2N2O2. The second-order valence-corrected chi connectivity index (χ2v) is 4.34. The van der Waals surface area contributed by atoms with Crippen molar-refractivity contribution < 1.29 is 18.7 Å². The largest absolute Gasteiger partial charge is 0.503 e. The molecule has 1 fully saturated rings. The van der Waals surface area contributed by atoms with Crippen molar-refractivity contribution in [3.63, 3.8) is 0 Å². The maximum Gasteiger partial charge on any atom is 0.220 e. The van der Waals surface area contributed by atoms with Gasteiger partial charge in [-0.3, -0.25) is 4.79 Å². The molecule has 2 rings (SSSR count). The van der Waals surface area contributed by atoms with Crippen LogP contribution in [0.3, 0.4) is 0 Å². The van der Waals surface area contributed by atoms with Crippen LogP contribution in [0, 0.1) is 11.6 Å². The number of amides is 1. The molecular weight excluding hydrogens is 242 g/mol. The lowest BCUT2D eigenvalue weighted by molar-refractivity contribution is -0.119. The Labute approximate surface area is 103 Å². The van der Waals surface area contributed by atoms with Crippen molar-refractivity contribution in [3.8, 4) is 5.75 Å². The van der Waals surface area contributed by atoms with Crippen molar-refractivity contribution in [1.29, 1.82) is 0 Å². The Morgan fingerprint density at radius 3 is 2.61 bits per heavy atom. The van der Waals surface area contributed by atoms with E-state index in [4.69, 9.17) is 5.11 Å². The first kappa shape index (κ1) is 12.8. The summed E-state index contributed by atoms with van der Waals surface area (Å²) in [4.78, 5) is 10.9. The van der Waals surface area contributed by atoms with Crippen LogP contribution in [0.4, 0.5) is 8.78 Å². The van der Waals surface area contributed by atoms with Gasteiger partial charge in [0.25, 0.3) is 0 Å². The monoisotopic (exact) mass is 256 g/mol. The van der Waals surface area contributed by atoms with Crippen molar-refractivity contribution in [2.75, 3.05) is 6.54 Å². The topological polar surface area (TPSA) is 61.4 Å². The molecule has 0 spiro atoms. The van der Waals surface area contributed by atoms with Crippen molar-refractivity contribution in [1.82, 2.24) is 10.6 Å². The summed E-state index contributed by atoms with van der Waals surface area (Å²) in [6, 6.07) is 2.24. The first-order valence-corrected chi connectivity index (χ1v) is 5.73. The molecule has 1 saturated heterocycles. The fourth-order valence-corrected chi connectivity index (χ4v) is 1.94. The van der Waals surface area contributed by atoms with Gasteiger partial charge in [0.15, 0.2) is 17.4 Å². The zero-order chi connectivity index (χ0) is 13.1. The lowest BCUT2D eigenvalue weighted by Crippen LogP contribution is -2.35. The molecule has 1 aromatic rings. The fraction of sp³-hybridized carbons (Fsp3) is 0.417. The Hall–Kier alpha value is -1.69. The molecule has 0 radical (unpaired) electrons. The standard InChI is InChI=1S/C12H14F2N2O2/c13-9-3-7(4-10(14)12(9)18)5-15-6-8-1-2-11(17)16-8/h3-4,8,15,18H,1-2,5-6H2,(H,16,17). The van der Waals surface area contributed by atoms with E-state index in [-0.39, 0.29) is 18.5 Å². The Balaban J connectivity index is 1.85. The van der Waals surface area contributed by atoms with Crippen LogP contribution >= 0.6 is 0 Å². The van der Waals surface area contributed by atoms with Crippen molar-refractivity contribution in [2.24, 2.45) is 0 Å². The number of carbonyl (C=O) groups excluding carboxylic acids is 1. The van der Waals surface area contributed by atoms with E-state index in [1.807, 2.05) is 0 Å². The minimum atomic E-state index is -0.971. The van der Waals surface area contributed by atoms with E-state index in [0.29, 0.717) is 18.5 Å². The van der Waals surface area contributed by atoms with E-state index in [9.17, 15) is 13.6 Å². The summed E-state index contributed by atoms with van der Waals surface area (Å²) in [5.41, 5.74) is 0.409. The highest BCUT2D eigenvalue weighted by Gasteiger charge is 2.19. The predicted molar refractivity (Wildman–Crippen MR) is 60.9 cm³/mol. The fourth-order valence-electron chi connectivity index (χ4n) is 1.94. The smallest absolute Gasteiger partial charge is 0.220 e. The van der Waals surface area contributed by atoms with Crippen molar-refractivity contribution in [2.45, 2.75) is 25.4 Å². The van der Waals surface area contributed by atoms with E-state index >= 15 is 0 Å². The van der Waals surface area contributed by atoms with Gasteiger partial charge in [-0.1, -0.05) is 0 Å². The van der Waals surface area contributed by atoms with Gasteiger partial charge in [-0.2, -0.15) is 0 Å². The molecule has 0 saturated carbocycles.